The molecule has 6 heteroatoms. The Hall–Kier alpha value is -1.85. The molecule has 1 aromatic heterocycles. The van der Waals surface area contributed by atoms with Gasteiger partial charge in [-0.25, -0.2) is 0 Å². The second kappa shape index (κ2) is 11.1. The van der Waals surface area contributed by atoms with E-state index in [1.54, 1.807) is 13.8 Å². The van der Waals surface area contributed by atoms with Crippen LogP contribution in [0.3, 0.4) is 0 Å². The third-order valence-corrected chi connectivity index (χ3v) is 3.60. The van der Waals surface area contributed by atoms with E-state index < -0.39 is 0 Å². The van der Waals surface area contributed by atoms with E-state index in [2.05, 4.69) is 16.3 Å². The number of hydrogen-bond donors (Lipinski definition) is 2. The molecule has 27 heavy (non-hydrogen) atoms. The number of aliphatic hydroxyl groups is 2. The van der Waals surface area contributed by atoms with Gasteiger partial charge in [0.15, 0.2) is 5.89 Å². The zero-order chi connectivity index (χ0) is 19.1. The molecule has 0 saturated carbocycles. The fourth-order valence-corrected chi connectivity index (χ4v) is 2.27. The van der Waals surface area contributed by atoms with Crippen molar-refractivity contribution in [3.05, 3.63) is 59.7 Å². The van der Waals surface area contributed by atoms with Gasteiger partial charge in [0, 0.05) is 25.7 Å². The largest absolute Gasteiger partial charge is 0.464 e. The summed E-state index contributed by atoms with van der Waals surface area (Å²) in [5.41, 5.74) is 4.10. The number of nitrogens with zero attached hydrogens (tertiary/aromatic N) is 2. The topological polar surface area (TPSA) is 79.4 Å². The summed E-state index contributed by atoms with van der Waals surface area (Å²) in [4.78, 5) is 0. The van der Waals surface area contributed by atoms with Gasteiger partial charge in [-0.15, -0.1) is 34.9 Å². The van der Waals surface area contributed by atoms with Gasteiger partial charge in [0.1, 0.15) is 0 Å². The summed E-state index contributed by atoms with van der Waals surface area (Å²) < 4.78 is 5.68. The average Bonchev–Trinajstić information content (AvgIpc) is 3.05. The zero-order valence-electron chi connectivity index (χ0n) is 15.9. The molecule has 0 aliphatic rings. The van der Waals surface area contributed by atoms with Crippen molar-refractivity contribution in [1.82, 2.24) is 10.2 Å². The predicted octanol–water partition coefficient (Wildman–Crippen LogP) is 3.96. The van der Waals surface area contributed by atoms with Gasteiger partial charge in [-0.3, -0.25) is 0 Å². The van der Waals surface area contributed by atoms with E-state index >= 15 is 0 Å². The second-order valence-electron chi connectivity index (χ2n) is 6.49. The molecule has 0 saturated heterocycles. The van der Waals surface area contributed by atoms with Gasteiger partial charge in [0.2, 0.25) is 5.89 Å². The SMILES string of the molecule is CC(O)CC(C)O.Cc1c[c-]c(-c2nnc(-c3ccc(C)cc3)o2)cc1.[Ir]. The minimum Gasteiger partial charge on any atom is -0.464 e. The van der Waals surface area contributed by atoms with Crippen LogP contribution in [0.15, 0.2) is 46.9 Å². The van der Waals surface area contributed by atoms with Crippen LogP contribution in [0.4, 0.5) is 0 Å². The summed E-state index contributed by atoms with van der Waals surface area (Å²) in [7, 11) is 0. The quantitative estimate of drug-likeness (QED) is 0.486. The van der Waals surface area contributed by atoms with Crippen LogP contribution in [0.5, 0.6) is 0 Å². The molecule has 2 N–H and O–H groups in total. The van der Waals surface area contributed by atoms with Gasteiger partial charge in [0.05, 0.1) is 12.2 Å². The number of aryl methyl sites for hydroxylation is 2. The van der Waals surface area contributed by atoms with Gasteiger partial charge in [-0.1, -0.05) is 30.2 Å². The molecule has 2 aromatic carbocycles. The van der Waals surface area contributed by atoms with E-state index in [1.807, 2.05) is 56.3 Å². The van der Waals surface area contributed by atoms with Crippen LogP contribution in [0.25, 0.3) is 22.9 Å². The van der Waals surface area contributed by atoms with Crippen LogP contribution < -0.4 is 0 Å². The Morgan fingerprint density at radius 2 is 1.44 bits per heavy atom. The number of hydrogen-bond acceptors (Lipinski definition) is 5. The molecule has 0 bridgehead atoms. The molecule has 3 aromatic rings. The van der Waals surface area contributed by atoms with Gasteiger partial charge >= 0.3 is 0 Å². The summed E-state index contributed by atoms with van der Waals surface area (Å²) in [5, 5.41) is 25.3. The standard InChI is InChI=1S/C16H13N2O.C5H12O2.Ir/c1-11-3-7-13(8-4-11)15-17-18-16(19-15)14-9-5-12(2)6-10-14;1-4(6)3-5(2)7;/h3-9H,1-2H3;4-7H,3H2,1-2H3;/q-1;;. The van der Waals surface area contributed by atoms with Gasteiger partial charge in [-0.2, -0.15) is 5.10 Å². The van der Waals surface area contributed by atoms with E-state index in [-0.39, 0.29) is 32.3 Å². The Bertz CT molecular complexity index is 731. The van der Waals surface area contributed by atoms with Crippen molar-refractivity contribution >= 4 is 0 Å². The molecule has 0 aliphatic heterocycles. The van der Waals surface area contributed by atoms with Crippen LogP contribution in [0.2, 0.25) is 0 Å². The summed E-state index contributed by atoms with van der Waals surface area (Å²) >= 11 is 0. The first-order valence-corrected chi connectivity index (χ1v) is 8.60. The Kier molecular flexibility index (Phi) is 9.53. The van der Waals surface area contributed by atoms with Gasteiger partial charge in [-0.05, 0) is 39.3 Å². The molecule has 0 fully saturated rings. The molecular formula is C21H25IrN2O3-. The number of aromatic nitrogens is 2. The maximum atomic E-state index is 8.56. The predicted molar refractivity (Wildman–Crippen MR) is 101 cm³/mol. The van der Waals surface area contributed by atoms with Crippen molar-refractivity contribution in [3.63, 3.8) is 0 Å². The molecular weight excluding hydrogens is 520 g/mol. The minimum absolute atomic E-state index is 0. The summed E-state index contributed by atoms with van der Waals surface area (Å²) in [6.07, 6.45) is -0.278. The Balaban J connectivity index is 0.000000395. The smallest absolute Gasteiger partial charge is 0.237 e. The third kappa shape index (κ3) is 7.73. The zero-order valence-corrected chi connectivity index (χ0v) is 18.3. The van der Waals surface area contributed by atoms with Crippen LogP contribution in [0.1, 0.15) is 31.4 Å². The van der Waals surface area contributed by atoms with Crippen molar-refractivity contribution in [1.29, 1.82) is 0 Å². The Morgan fingerprint density at radius 3 is 1.93 bits per heavy atom. The first kappa shape index (κ1) is 23.2. The maximum absolute atomic E-state index is 8.56. The molecule has 0 amide bonds. The van der Waals surface area contributed by atoms with Crippen LogP contribution >= 0.6 is 0 Å². The molecule has 1 radical (unpaired) electrons. The first-order valence-electron chi connectivity index (χ1n) is 8.60. The van der Waals surface area contributed by atoms with Crippen LogP contribution in [-0.2, 0) is 20.1 Å². The molecule has 5 nitrogen and oxygen atoms in total. The fraction of sp³-hybridized carbons (Fsp3) is 0.333. The molecule has 2 unspecified atom stereocenters. The second-order valence-corrected chi connectivity index (χ2v) is 6.49. The van der Waals surface area contributed by atoms with Gasteiger partial charge in [0.25, 0.3) is 0 Å². The van der Waals surface area contributed by atoms with Crippen molar-refractivity contribution in [2.24, 2.45) is 0 Å². The fourth-order valence-electron chi connectivity index (χ4n) is 2.27. The monoisotopic (exact) mass is 546 g/mol. The number of benzene rings is 2. The normalized spacial score (nSPS) is 12.4. The van der Waals surface area contributed by atoms with E-state index in [0.717, 1.165) is 16.7 Å². The summed E-state index contributed by atoms with van der Waals surface area (Å²) in [5.74, 6) is 1.03. The molecule has 0 spiro atoms. The Labute approximate surface area is 173 Å². The van der Waals surface area contributed by atoms with Crippen LogP contribution in [0, 0.1) is 19.9 Å². The summed E-state index contributed by atoms with van der Waals surface area (Å²) in [6, 6.07) is 17.0. The summed E-state index contributed by atoms with van der Waals surface area (Å²) in [6.45, 7) is 7.38. The van der Waals surface area contributed by atoms with E-state index in [4.69, 9.17) is 14.6 Å². The molecule has 0 aliphatic carbocycles. The van der Waals surface area contributed by atoms with Crippen molar-refractivity contribution in [2.45, 2.75) is 46.3 Å². The molecule has 1 heterocycles. The number of aliphatic hydroxyl groups excluding tert-OH is 2. The molecule has 3 rings (SSSR count). The maximum Gasteiger partial charge on any atom is 0.237 e. The van der Waals surface area contributed by atoms with E-state index in [0.29, 0.717) is 18.2 Å². The molecule has 2 atom stereocenters. The van der Waals surface area contributed by atoms with Crippen molar-refractivity contribution in [3.8, 4) is 22.9 Å². The average molecular weight is 546 g/mol. The molecule has 147 valence electrons. The van der Waals surface area contributed by atoms with Crippen LogP contribution in [-0.4, -0.2) is 32.6 Å². The van der Waals surface area contributed by atoms with E-state index in [1.165, 1.54) is 5.56 Å². The van der Waals surface area contributed by atoms with Crippen molar-refractivity contribution in [2.75, 3.05) is 0 Å². The number of rotatable bonds is 4. The Morgan fingerprint density at radius 1 is 0.889 bits per heavy atom. The van der Waals surface area contributed by atoms with Gasteiger partial charge < -0.3 is 14.6 Å². The minimum atomic E-state index is -0.375. The van der Waals surface area contributed by atoms with E-state index in [9.17, 15) is 0 Å². The first-order chi connectivity index (χ1) is 12.3. The third-order valence-electron chi connectivity index (χ3n) is 3.60. The van der Waals surface area contributed by atoms with Crippen molar-refractivity contribution < 1.29 is 34.7 Å².